The fourth-order valence-corrected chi connectivity index (χ4v) is 4.52. The molecule has 0 aromatic rings. The first kappa shape index (κ1) is 19.9. The van der Waals surface area contributed by atoms with Gasteiger partial charge < -0.3 is 10.0 Å². The number of amides is 1. The van der Waals surface area contributed by atoms with Crippen LogP contribution >= 0.6 is 0 Å². The summed E-state index contributed by atoms with van der Waals surface area (Å²) in [7, 11) is -3.19. The van der Waals surface area contributed by atoms with Crippen molar-refractivity contribution in [3.63, 3.8) is 0 Å². The van der Waals surface area contributed by atoms with Crippen LogP contribution in [0.4, 0.5) is 0 Å². The van der Waals surface area contributed by atoms with E-state index in [2.05, 4.69) is 0 Å². The smallest absolute Gasteiger partial charge is 0.307 e. The van der Waals surface area contributed by atoms with Crippen LogP contribution < -0.4 is 0 Å². The molecular weight excluding hydrogens is 318 g/mol. The van der Waals surface area contributed by atoms with Crippen molar-refractivity contribution < 1.29 is 23.1 Å². The number of nitrogens with zero attached hydrogens (tertiary/aromatic N) is 1. The second kappa shape index (κ2) is 8.66. The molecule has 0 radical (unpaired) electrons. The Bertz CT molecular complexity index is 517. The largest absolute Gasteiger partial charge is 0.481 e. The van der Waals surface area contributed by atoms with E-state index in [1.54, 1.807) is 25.7 Å². The molecule has 0 aromatic heterocycles. The van der Waals surface area contributed by atoms with Crippen molar-refractivity contribution in [1.82, 2.24) is 4.90 Å². The Morgan fingerprint density at radius 3 is 2.17 bits per heavy atom. The van der Waals surface area contributed by atoms with Gasteiger partial charge in [0.25, 0.3) is 0 Å². The summed E-state index contributed by atoms with van der Waals surface area (Å²) in [5.74, 6) is -2.36. The number of sulfone groups is 1. The summed E-state index contributed by atoms with van der Waals surface area (Å²) >= 11 is 0. The van der Waals surface area contributed by atoms with E-state index in [0.717, 1.165) is 19.3 Å². The second-order valence-corrected chi connectivity index (χ2v) is 8.76. The zero-order valence-corrected chi connectivity index (χ0v) is 15.1. The maximum Gasteiger partial charge on any atom is 0.307 e. The summed E-state index contributed by atoms with van der Waals surface area (Å²) in [4.78, 5) is 25.9. The lowest BCUT2D eigenvalue weighted by Gasteiger charge is -2.33. The van der Waals surface area contributed by atoms with Gasteiger partial charge in [-0.25, -0.2) is 8.42 Å². The van der Waals surface area contributed by atoms with Crippen molar-refractivity contribution in [2.24, 2.45) is 11.8 Å². The fourth-order valence-electron chi connectivity index (χ4n) is 3.37. The molecule has 1 N–H and O–H groups in total. The lowest BCUT2D eigenvalue weighted by molar-refractivity contribution is -0.151. The van der Waals surface area contributed by atoms with Gasteiger partial charge in [0.15, 0.2) is 9.84 Å². The highest BCUT2D eigenvalue weighted by molar-refractivity contribution is 7.91. The Hall–Kier alpha value is -1.11. The minimum atomic E-state index is -3.19. The summed E-state index contributed by atoms with van der Waals surface area (Å²) in [5, 5.41) is 9.43. The van der Waals surface area contributed by atoms with E-state index >= 15 is 0 Å². The van der Waals surface area contributed by atoms with Crippen molar-refractivity contribution in [1.29, 1.82) is 0 Å². The predicted octanol–water partition coefficient (Wildman–Crippen LogP) is 1.94. The number of carboxylic acid groups (broad SMARTS) is 1. The SMILES string of the molecule is CCN(C(=O)[C@@H]1CCCCC[C@@H]1C(=O)O)C(C)CS(=O)(=O)CC. The van der Waals surface area contributed by atoms with Gasteiger partial charge in [-0.15, -0.1) is 0 Å². The van der Waals surface area contributed by atoms with E-state index in [4.69, 9.17) is 0 Å². The van der Waals surface area contributed by atoms with Gasteiger partial charge in [0, 0.05) is 18.3 Å². The van der Waals surface area contributed by atoms with Crippen LogP contribution in [0.3, 0.4) is 0 Å². The van der Waals surface area contributed by atoms with Crippen LogP contribution in [0.2, 0.25) is 0 Å². The Morgan fingerprint density at radius 1 is 1.13 bits per heavy atom. The van der Waals surface area contributed by atoms with Crippen LogP contribution in [0.25, 0.3) is 0 Å². The molecule has 0 aliphatic heterocycles. The van der Waals surface area contributed by atoms with Crippen LogP contribution in [0, 0.1) is 11.8 Å². The normalized spacial score (nSPS) is 23.8. The zero-order valence-electron chi connectivity index (χ0n) is 14.3. The third-order valence-electron chi connectivity index (χ3n) is 4.74. The van der Waals surface area contributed by atoms with E-state index < -0.39 is 33.7 Å². The number of carboxylic acids is 1. The highest BCUT2D eigenvalue weighted by Crippen LogP contribution is 2.31. The monoisotopic (exact) mass is 347 g/mol. The molecule has 1 unspecified atom stereocenters. The van der Waals surface area contributed by atoms with Gasteiger partial charge in [-0.05, 0) is 26.7 Å². The first-order chi connectivity index (χ1) is 10.7. The Kier molecular flexibility index (Phi) is 7.51. The molecule has 6 nitrogen and oxygen atoms in total. The number of hydrogen-bond donors (Lipinski definition) is 1. The summed E-state index contributed by atoms with van der Waals surface area (Å²) < 4.78 is 23.6. The zero-order chi connectivity index (χ0) is 17.6. The highest BCUT2D eigenvalue weighted by Gasteiger charge is 2.38. The van der Waals surface area contributed by atoms with Crippen molar-refractivity contribution >= 4 is 21.7 Å². The summed E-state index contributed by atoms with van der Waals surface area (Å²) in [6.07, 6.45) is 3.70. The van der Waals surface area contributed by atoms with E-state index in [0.29, 0.717) is 19.4 Å². The topological polar surface area (TPSA) is 91.8 Å². The van der Waals surface area contributed by atoms with Gasteiger partial charge in [0.05, 0.1) is 17.6 Å². The lowest BCUT2D eigenvalue weighted by atomic mass is 9.86. The van der Waals surface area contributed by atoms with Crippen molar-refractivity contribution in [3.8, 4) is 0 Å². The van der Waals surface area contributed by atoms with Gasteiger partial charge >= 0.3 is 5.97 Å². The minimum Gasteiger partial charge on any atom is -0.481 e. The quantitative estimate of drug-likeness (QED) is 0.711. The Balaban J connectivity index is 2.94. The van der Waals surface area contributed by atoms with Crippen LogP contribution in [-0.4, -0.2) is 54.4 Å². The van der Waals surface area contributed by atoms with Gasteiger partial charge in [0.2, 0.25) is 5.91 Å². The molecule has 23 heavy (non-hydrogen) atoms. The molecule has 0 saturated heterocycles. The molecule has 1 saturated carbocycles. The van der Waals surface area contributed by atoms with Gasteiger partial charge in [0.1, 0.15) is 0 Å². The van der Waals surface area contributed by atoms with Crippen molar-refractivity contribution in [2.75, 3.05) is 18.1 Å². The minimum absolute atomic E-state index is 0.0459. The molecule has 0 aromatic carbocycles. The molecule has 1 aliphatic rings. The Labute approximate surface area is 139 Å². The van der Waals surface area contributed by atoms with Crippen LogP contribution in [-0.2, 0) is 19.4 Å². The molecule has 1 aliphatic carbocycles. The molecule has 7 heteroatoms. The number of rotatable bonds is 7. The standard InChI is InChI=1S/C16H29NO5S/c1-4-17(12(3)11-23(21,22)5-2)15(18)13-9-7-6-8-10-14(13)16(19)20/h12-14H,4-11H2,1-3H3,(H,19,20)/t12?,13-,14+/m1/s1. The third-order valence-corrected chi connectivity index (χ3v) is 6.61. The van der Waals surface area contributed by atoms with E-state index in [1.807, 2.05) is 0 Å². The van der Waals surface area contributed by atoms with Crippen LogP contribution in [0.15, 0.2) is 0 Å². The summed E-state index contributed by atoms with van der Waals surface area (Å²) in [6, 6.07) is -0.435. The fraction of sp³-hybridized carbons (Fsp3) is 0.875. The van der Waals surface area contributed by atoms with Crippen molar-refractivity contribution in [3.05, 3.63) is 0 Å². The number of aliphatic carboxylic acids is 1. The summed E-state index contributed by atoms with van der Waals surface area (Å²) in [6.45, 7) is 5.51. The maximum atomic E-state index is 12.9. The van der Waals surface area contributed by atoms with E-state index in [9.17, 15) is 23.1 Å². The molecule has 134 valence electrons. The van der Waals surface area contributed by atoms with E-state index in [-0.39, 0.29) is 17.4 Å². The molecular formula is C16H29NO5S. The van der Waals surface area contributed by atoms with Gasteiger partial charge in [-0.3, -0.25) is 9.59 Å². The average molecular weight is 347 g/mol. The molecule has 3 atom stereocenters. The molecule has 1 amide bonds. The molecule has 0 spiro atoms. The molecule has 1 rings (SSSR count). The van der Waals surface area contributed by atoms with Gasteiger partial charge in [-0.2, -0.15) is 0 Å². The van der Waals surface area contributed by atoms with Gasteiger partial charge in [-0.1, -0.05) is 26.2 Å². The van der Waals surface area contributed by atoms with Crippen LogP contribution in [0.5, 0.6) is 0 Å². The van der Waals surface area contributed by atoms with E-state index in [1.165, 1.54) is 0 Å². The highest BCUT2D eigenvalue weighted by atomic mass is 32.2. The first-order valence-electron chi connectivity index (χ1n) is 8.47. The lowest BCUT2D eigenvalue weighted by Crippen LogP contribution is -2.47. The second-order valence-electron chi connectivity index (χ2n) is 6.36. The number of hydrogen-bond acceptors (Lipinski definition) is 4. The predicted molar refractivity (Wildman–Crippen MR) is 88.9 cm³/mol. The first-order valence-corrected chi connectivity index (χ1v) is 10.3. The van der Waals surface area contributed by atoms with Crippen LogP contribution in [0.1, 0.15) is 52.9 Å². The molecule has 0 heterocycles. The number of carbonyl (C=O) groups excluding carboxylic acids is 1. The Morgan fingerprint density at radius 2 is 1.70 bits per heavy atom. The number of carbonyl (C=O) groups is 2. The summed E-state index contributed by atoms with van der Waals surface area (Å²) in [5.41, 5.74) is 0. The van der Waals surface area contributed by atoms with Crippen molar-refractivity contribution in [2.45, 2.75) is 58.9 Å². The average Bonchev–Trinajstić information content (AvgIpc) is 2.73. The maximum absolute atomic E-state index is 12.9. The molecule has 0 bridgehead atoms. The third kappa shape index (κ3) is 5.48. The molecule has 1 fully saturated rings.